The molecule has 0 saturated carbocycles. The highest BCUT2D eigenvalue weighted by atomic mass is 16.5. The Morgan fingerprint density at radius 2 is 1.71 bits per heavy atom. The number of ether oxygens (including phenoxy) is 2. The van der Waals surface area contributed by atoms with Crippen LogP contribution in [0.2, 0.25) is 0 Å². The van der Waals surface area contributed by atoms with Crippen LogP contribution in [-0.2, 0) is 16.1 Å². The normalized spacial score (nSPS) is 10.9. The molecule has 0 saturated heterocycles. The van der Waals surface area contributed by atoms with Crippen LogP contribution in [0.1, 0.15) is 31.9 Å². The lowest BCUT2D eigenvalue weighted by Gasteiger charge is -2.25. The summed E-state index contributed by atoms with van der Waals surface area (Å²) in [6.45, 7) is 6.83. The molecule has 6 nitrogen and oxygen atoms in total. The number of nitrogens with zero attached hydrogens (tertiary/aromatic N) is 1. The quantitative estimate of drug-likeness (QED) is 0.303. The van der Waals surface area contributed by atoms with Crippen LogP contribution in [0, 0.1) is 0 Å². The molecule has 0 aliphatic carbocycles. The van der Waals surface area contributed by atoms with Crippen molar-refractivity contribution in [2.45, 2.75) is 33.4 Å². The number of methoxy groups -OCH3 is 1. The second-order valence-corrected chi connectivity index (χ2v) is 8.30. The molecule has 2 amide bonds. The lowest BCUT2D eigenvalue weighted by molar-refractivity contribution is -0.134. The summed E-state index contributed by atoms with van der Waals surface area (Å²) in [5.74, 6) is 0.406. The minimum absolute atomic E-state index is 0.00704. The average Bonchev–Trinajstić information content (AvgIpc) is 2.86. The number of benzene rings is 3. The number of amides is 2. The monoisotopic (exact) mass is 472 g/mol. The van der Waals surface area contributed by atoms with Crippen molar-refractivity contribution in [2.75, 3.05) is 18.6 Å². The van der Waals surface area contributed by atoms with Gasteiger partial charge in [0.1, 0.15) is 5.75 Å². The van der Waals surface area contributed by atoms with Gasteiger partial charge in [-0.25, -0.2) is 9.59 Å². The first kappa shape index (κ1) is 25.6. The Kier molecular flexibility index (Phi) is 9.07. The van der Waals surface area contributed by atoms with E-state index in [1.165, 1.54) is 13.2 Å². The van der Waals surface area contributed by atoms with E-state index in [1.54, 1.807) is 11.0 Å². The number of esters is 1. The van der Waals surface area contributed by atoms with Gasteiger partial charge in [0.2, 0.25) is 0 Å². The third-order valence-corrected chi connectivity index (χ3v) is 5.23. The number of carbonyl (C=O) groups excluding carboxylic acids is 2. The Hall–Kier alpha value is -4.06. The Bertz CT molecular complexity index is 1170. The summed E-state index contributed by atoms with van der Waals surface area (Å²) in [7, 11) is 1.34. The Labute approximate surface area is 207 Å². The standard InChI is InChI=1S/C29H32N2O4/c1-5-35-27-11-7-9-25(19-27)24-15-12-23(13-16-24)20-31(29(33)30-21(2)3)26-10-6-8-22(18-26)14-17-28(32)34-4/h6-19,21H,5,20H2,1-4H3,(H,30,33)/b17-14+. The van der Waals surface area contributed by atoms with E-state index in [1.807, 2.05) is 81.4 Å². The van der Waals surface area contributed by atoms with Gasteiger partial charge in [-0.3, -0.25) is 4.90 Å². The number of rotatable bonds is 9. The molecule has 0 atom stereocenters. The zero-order valence-electron chi connectivity index (χ0n) is 20.7. The maximum Gasteiger partial charge on any atom is 0.330 e. The van der Waals surface area contributed by atoms with Crippen molar-refractivity contribution in [1.82, 2.24) is 5.32 Å². The lowest BCUT2D eigenvalue weighted by atomic mass is 10.0. The molecule has 0 aliphatic heterocycles. The van der Waals surface area contributed by atoms with E-state index in [4.69, 9.17) is 4.74 Å². The van der Waals surface area contributed by atoms with Gasteiger partial charge in [-0.15, -0.1) is 0 Å². The molecular formula is C29H32N2O4. The molecule has 0 spiro atoms. The van der Waals surface area contributed by atoms with Gasteiger partial charge in [-0.05, 0) is 73.4 Å². The van der Waals surface area contributed by atoms with Crippen molar-refractivity contribution in [3.63, 3.8) is 0 Å². The van der Waals surface area contributed by atoms with Gasteiger partial charge in [0.25, 0.3) is 0 Å². The second-order valence-electron chi connectivity index (χ2n) is 8.30. The van der Waals surface area contributed by atoms with Crippen molar-refractivity contribution in [3.8, 4) is 16.9 Å². The zero-order valence-corrected chi connectivity index (χ0v) is 20.7. The molecule has 0 heterocycles. The topological polar surface area (TPSA) is 67.9 Å². The molecule has 35 heavy (non-hydrogen) atoms. The summed E-state index contributed by atoms with van der Waals surface area (Å²) in [4.78, 5) is 26.2. The van der Waals surface area contributed by atoms with Crippen LogP contribution in [0.5, 0.6) is 5.75 Å². The highest BCUT2D eigenvalue weighted by Crippen LogP contribution is 2.26. The SMILES string of the molecule is CCOc1cccc(-c2ccc(CN(C(=O)NC(C)C)c3cccc(/C=C/C(=O)OC)c3)cc2)c1. The van der Waals surface area contributed by atoms with Crippen molar-refractivity contribution in [1.29, 1.82) is 0 Å². The maximum atomic E-state index is 13.1. The summed E-state index contributed by atoms with van der Waals surface area (Å²) in [5.41, 5.74) is 4.65. The van der Waals surface area contributed by atoms with Crippen molar-refractivity contribution < 1.29 is 19.1 Å². The third-order valence-electron chi connectivity index (χ3n) is 5.23. The van der Waals surface area contributed by atoms with Crippen LogP contribution in [0.4, 0.5) is 10.5 Å². The first-order valence-electron chi connectivity index (χ1n) is 11.7. The van der Waals surface area contributed by atoms with Gasteiger partial charge >= 0.3 is 12.0 Å². The van der Waals surface area contributed by atoms with Gasteiger partial charge in [0, 0.05) is 17.8 Å². The predicted octanol–water partition coefficient (Wildman–Crippen LogP) is 6.06. The first-order valence-corrected chi connectivity index (χ1v) is 11.7. The van der Waals surface area contributed by atoms with E-state index in [2.05, 4.69) is 22.2 Å². The average molecular weight is 473 g/mol. The van der Waals surface area contributed by atoms with E-state index in [0.717, 1.165) is 33.7 Å². The number of hydrogen-bond donors (Lipinski definition) is 1. The molecule has 0 bridgehead atoms. The van der Waals surface area contributed by atoms with Crippen LogP contribution in [0.25, 0.3) is 17.2 Å². The second kappa shape index (κ2) is 12.4. The molecule has 0 unspecified atom stereocenters. The number of carbonyl (C=O) groups is 2. The van der Waals surface area contributed by atoms with Crippen LogP contribution < -0.4 is 15.0 Å². The molecule has 0 radical (unpaired) electrons. The fraction of sp³-hybridized carbons (Fsp3) is 0.241. The number of nitrogens with one attached hydrogen (secondary N) is 1. The van der Waals surface area contributed by atoms with Crippen molar-refractivity contribution >= 4 is 23.8 Å². The molecule has 0 aliphatic rings. The van der Waals surface area contributed by atoms with Gasteiger partial charge in [-0.1, -0.05) is 48.5 Å². The number of urea groups is 1. The maximum absolute atomic E-state index is 13.1. The predicted molar refractivity (Wildman–Crippen MR) is 140 cm³/mol. The molecule has 0 fully saturated rings. The minimum Gasteiger partial charge on any atom is -0.494 e. The molecule has 6 heteroatoms. The molecule has 0 aromatic heterocycles. The fourth-order valence-electron chi connectivity index (χ4n) is 3.55. The van der Waals surface area contributed by atoms with Gasteiger partial charge in [0.05, 0.1) is 20.3 Å². The third kappa shape index (κ3) is 7.47. The summed E-state index contributed by atoms with van der Waals surface area (Å²) in [6.07, 6.45) is 3.02. The van der Waals surface area contributed by atoms with Crippen molar-refractivity contribution in [3.05, 3.63) is 90.0 Å². The highest BCUT2D eigenvalue weighted by Gasteiger charge is 2.17. The largest absolute Gasteiger partial charge is 0.494 e. The molecule has 3 aromatic carbocycles. The van der Waals surface area contributed by atoms with Crippen LogP contribution >= 0.6 is 0 Å². The zero-order chi connectivity index (χ0) is 25.2. The number of anilines is 1. The highest BCUT2D eigenvalue weighted by molar-refractivity contribution is 5.93. The van der Waals surface area contributed by atoms with Crippen molar-refractivity contribution in [2.24, 2.45) is 0 Å². The smallest absolute Gasteiger partial charge is 0.330 e. The van der Waals surface area contributed by atoms with Gasteiger partial charge < -0.3 is 14.8 Å². The summed E-state index contributed by atoms with van der Waals surface area (Å²) >= 11 is 0. The summed E-state index contributed by atoms with van der Waals surface area (Å²) in [6, 6.07) is 23.4. The van der Waals surface area contributed by atoms with Gasteiger partial charge in [-0.2, -0.15) is 0 Å². The van der Waals surface area contributed by atoms with E-state index < -0.39 is 5.97 Å². The van der Waals surface area contributed by atoms with E-state index in [9.17, 15) is 9.59 Å². The Balaban J connectivity index is 1.85. The molecule has 1 N–H and O–H groups in total. The molecule has 3 aromatic rings. The molecule has 3 rings (SSSR count). The molecule has 182 valence electrons. The minimum atomic E-state index is -0.434. The Morgan fingerprint density at radius 1 is 0.971 bits per heavy atom. The Morgan fingerprint density at radius 3 is 2.40 bits per heavy atom. The van der Waals surface area contributed by atoms with E-state index in [0.29, 0.717) is 13.2 Å². The van der Waals surface area contributed by atoms with Crippen LogP contribution in [0.3, 0.4) is 0 Å². The fourth-order valence-corrected chi connectivity index (χ4v) is 3.55. The number of hydrogen-bond acceptors (Lipinski definition) is 4. The molecular weight excluding hydrogens is 440 g/mol. The van der Waals surface area contributed by atoms with E-state index in [-0.39, 0.29) is 12.1 Å². The van der Waals surface area contributed by atoms with Crippen LogP contribution in [0.15, 0.2) is 78.9 Å². The van der Waals surface area contributed by atoms with Crippen LogP contribution in [-0.4, -0.2) is 31.8 Å². The first-order chi connectivity index (χ1) is 16.9. The van der Waals surface area contributed by atoms with Gasteiger partial charge in [0.15, 0.2) is 0 Å². The summed E-state index contributed by atoms with van der Waals surface area (Å²) < 4.78 is 10.3. The lowest BCUT2D eigenvalue weighted by Crippen LogP contribution is -2.42. The van der Waals surface area contributed by atoms with E-state index >= 15 is 0 Å². The summed E-state index contributed by atoms with van der Waals surface area (Å²) in [5, 5.41) is 2.98.